The molecule has 0 saturated carbocycles. The quantitative estimate of drug-likeness (QED) is 0.718. The van der Waals surface area contributed by atoms with Gasteiger partial charge >= 0.3 is 6.18 Å². The van der Waals surface area contributed by atoms with E-state index in [2.05, 4.69) is 10.6 Å². The van der Waals surface area contributed by atoms with E-state index < -0.39 is 18.0 Å². The highest BCUT2D eigenvalue weighted by atomic mass is 19.4. The minimum absolute atomic E-state index is 0.943. The molecule has 0 radical (unpaired) electrons. The van der Waals surface area contributed by atoms with E-state index in [0.29, 0.717) is 0 Å². The van der Waals surface area contributed by atoms with Gasteiger partial charge in [-0.25, -0.2) is 0 Å². The SMILES string of the molecule is CC1(N2C=CC=CC2C(F)(F)F)NC=CN1. The molecule has 0 aromatic heterocycles. The first-order valence-corrected chi connectivity index (χ1v) is 4.84. The number of hydrogen-bond acceptors (Lipinski definition) is 3. The van der Waals surface area contributed by atoms with Crippen molar-refractivity contribution in [1.29, 1.82) is 0 Å². The Hall–Kier alpha value is -1.59. The summed E-state index contributed by atoms with van der Waals surface area (Å²) < 4.78 is 38.4. The van der Waals surface area contributed by atoms with Crippen molar-refractivity contribution >= 4 is 0 Å². The molecule has 2 aliphatic heterocycles. The summed E-state index contributed by atoms with van der Waals surface area (Å²) in [6.07, 6.45) is 4.41. The van der Waals surface area contributed by atoms with Crippen molar-refractivity contribution in [3.63, 3.8) is 0 Å². The molecule has 16 heavy (non-hydrogen) atoms. The minimum Gasteiger partial charge on any atom is -0.351 e. The molecule has 0 bridgehead atoms. The fourth-order valence-electron chi connectivity index (χ4n) is 1.79. The van der Waals surface area contributed by atoms with Crippen LogP contribution in [0.3, 0.4) is 0 Å². The molecule has 2 N–H and O–H groups in total. The molecule has 0 saturated heterocycles. The molecule has 2 rings (SSSR count). The first-order valence-electron chi connectivity index (χ1n) is 4.84. The van der Waals surface area contributed by atoms with E-state index in [-0.39, 0.29) is 0 Å². The highest BCUT2D eigenvalue weighted by Gasteiger charge is 2.47. The van der Waals surface area contributed by atoms with E-state index in [4.69, 9.17) is 0 Å². The smallest absolute Gasteiger partial charge is 0.351 e. The second-order valence-corrected chi connectivity index (χ2v) is 3.81. The zero-order chi connectivity index (χ0) is 11.8. The molecule has 0 aliphatic carbocycles. The van der Waals surface area contributed by atoms with E-state index >= 15 is 0 Å². The lowest BCUT2D eigenvalue weighted by Gasteiger charge is -2.43. The summed E-state index contributed by atoms with van der Waals surface area (Å²) in [5, 5.41) is 5.71. The molecular weight excluding hydrogens is 219 g/mol. The largest absolute Gasteiger partial charge is 0.412 e. The van der Waals surface area contributed by atoms with Crippen molar-refractivity contribution < 1.29 is 13.2 Å². The number of nitrogens with one attached hydrogen (secondary N) is 2. The van der Waals surface area contributed by atoms with Crippen molar-refractivity contribution in [1.82, 2.24) is 15.5 Å². The minimum atomic E-state index is -4.30. The molecule has 0 amide bonds. The Morgan fingerprint density at radius 3 is 2.38 bits per heavy atom. The number of rotatable bonds is 1. The Bertz CT molecular complexity index is 349. The van der Waals surface area contributed by atoms with Gasteiger partial charge in [0.2, 0.25) is 0 Å². The van der Waals surface area contributed by atoms with Crippen LogP contribution in [0.4, 0.5) is 13.2 Å². The van der Waals surface area contributed by atoms with Crippen LogP contribution in [0.2, 0.25) is 0 Å². The Balaban J connectivity index is 2.25. The average Bonchev–Trinajstić information content (AvgIpc) is 2.65. The van der Waals surface area contributed by atoms with Crippen LogP contribution in [0.15, 0.2) is 36.8 Å². The number of hydrogen-bond donors (Lipinski definition) is 2. The molecule has 2 aliphatic rings. The van der Waals surface area contributed by atoms with E-state index in [1.54, 1.807) is 25.4 Å². The predicted octanol–water partition coefficient (Wildman–Crippen LogP) is 1.64. The lowest BCUT2D eigenvalue weighted by atomic mass is 10.1. The number of alkyl halides is 3. The molecule has 0 fully saturated rings. The van der Waals surface area contributed by atoms with Crippen LogP contribution >= 0.6 is 0 Å². The van der Waals surface area contributed by atoms with Gasteiger partial charge in [0.25, 0.3) is 0 Å². The third-order valence-corrected chi connectivity index (χ3v) is 2.61. The van der Waals surface area contributed by atoms with Gasteiger partial charge in [-0.05, 0) is 13.0 Å². The normalized spacial score (nSPS) is 26.8. The summed E-state index contributed by atoms with van der Waals surface area (Å²) in [6.45, 7) is 1.65. The monoisotopic (exact) mass is 231 g/mol. The van der Waals surface area contributed by atoms with Crippen molar-refractivity contribution in [3.8, 4) is 0 Å². The number of allylic oxidation sites excluding steroid dienone is 2. The first kappa shape index (κ1) is 10.9. The molecule has 0 aromatic rings. The van der Waals surface area contributed by atoms with Crippen LogP contribution in [0.5, 0.6) is 0 Å². The highest BCUT2D eigenvalue weighted by molar-refractivity contribution is 5.19. The van der Waals surface area contributed by atoms with Crippen LogP contribution in [0.25, 0.3) is 0 Å². The Morgan fingerprint density at radius 2 is 1.81 bits per heavy atom. The second-order valence-electron chi connectivity index (χ2n) is 3.81. The molecule has 88 valence electrons. The van der Waals surface area contributed by atoms with Gasteiger partial charge in [0.15, 0.2) is 5.79 Å². The van der Waals surface area contributed by atoms with Crippen molar-refractivity contribution in [2.45, 2.75) is 24.9 Å². The van der Waals surface area contributed by atoms with Gasteiger partial charge in [-0.2, -0.15) is 13.2 Å². The van der Waals surface area contributed by atoms with E-state index in [1.165, 1.54) is 17.2 Å². The van der Waals surface area contributed by atoms with E-state index in [9.17, 15) is 13.2 Å². The van der Waals surface area contributed by atoms with Crippen LogP contribution in [0, 0.1) is 0 Å². The van der Waals surface area contributed by atoms with Gasteiger partial charge in [-0.1, -0.05) is 12.2 Å². The lowest BCUT2D eigenvalue weighted by molar-refractivity contribution is -0.178. The third kappa shape index (κ3) is 1.75. The van der Waals surface area contributed by atoms with Crippen LogP contribution in [0.1, 0.15) is 6.92 Å². The zero-order valence-corrected chi connectivity index (χ0v) is 8.62. The summed E-state index contributed by atoms with van der Waals surface area (Å²) in [5.41, 5.74) is 0. The summed E-state index contributed by atoms with van der Waals surface area (Å²) in [7, 11) is 0. The summed E-state index contributed by atoms with van der Waals surface area (Å²) >= 11 is 0. The topological polar surface area (TPSA) is 27.3 Å². The van der Waals surface area contributed by atoms with Crippen molar-refractivity contribution in [2.75, 3.05) is 0 Å². The van der Waals surface area contributed by atoms with Gasteiger partial charge < -0.3 is 15.5 Å². The van der Waals surface area contributed by atoms with Gasteiger partial charge in [0, 0.05) is 18.6 Å². The Labute approximate surface area is 91.3 Å². The van der Waals surface area contributed by atoms with E-state index in [0.717, 1.165) is 6.08 Å². The number of halogens is 3. The second kappa shape index (κ2) is 3.47. The third-order valence-electron chi connectivity index (χ3n) is 2.61. The summed E-state index contributed by atoms with van der Waals surface area (Å²) in [5.74, 6) is -0.943. The Morgan fingerprint density at radius 1 is 1.19 bits per heavy atom. The van der Waals surface area contributed by atoms with Crippen LogP contribution < -0.4 is 10.6 Å². The van der Waals surface area contributed by atoms with Gasteiger partial charge in [0.05, 0.1) is 0 Å². The zero-order valence-electron chi connectivity index (χ0n) is 8.62. The molecule has 1 unspecified atom stereocenters. The molecule has 0 aromatic carbocycles. The fourth-order valence-corrected chi connectivity index (χ4v) is 1.79. The fraction of sp³-hybridized carbons (Fsp3) is 0.400. The van der Waals surface area contributed by atoms with Crippen LogP contribution in [-0.2, 0) is 0 Å². The van der Waals surface area contributed by atoms with Gasteiger partial charge in [-0.3, -0.25) is 0 Å². The maximum Gasteiger partial charge on any atom is 0.412 e. The molecule has 1 atom stereocenters. The maximum atomic E-state index is 12.8. The molecular formula is C10H12F3N3. The molecule has 0 spiro atoms. The Kier molecular flexibility index (Phi) is 2.36. The van der Waals surface area contributed by atoms with Gasteiger partial charge in [0.1, 0.15) is 6.04 Å². The summed E-state index contributed by atoms with van der Waals surface area (Å²) in [6, 6.07) is -1.62. The summed E-state index contributed by atoms with van der Waals surface area (Å²) in [4.78, 5) is 1.20. The average molecular weight is 231 g/mol. The molecule has 6 heteroatoms. The first-order chi connectivity index (χ1) is 7.43. The van der Waals surface area contributed by atoms with Crippen molar-refractivity contribution in [2.24, 2.45) is 0 Å². The van der Waals surface area contributed by atoms with Gasteiger partial charge in [-0.15, -0.1) is 0 Å². The van der Waals surface area contributed by atoms with Crippen LogP contribution in [-0.4, -0.2) is 22.9 Å². The maximum absolute atomic E-state index is 12.8. The van der Waals surface area contributed by atoms with E-state index in [1.807, 2.05) is 0 Å². The van der Waals surface area contributed by atoms with Crippen molar-refractivity contribution in [3.05, 3.63) is 36.8 Å². The standard InChI is InChI=1S/C10H12F3N3/c1-9(14-5-6-15-9)16-7-3-2-4-8(16)10(11,12)13/h2-8,14-15H,1H3. The lowest BCUT2D eigenvalue weighted by Crippen LogP contribution is -2.63. The molecule has 2 heterocycles. The molecule has 3 nitrogen and oxygen atoms in total. The number of nitrogens with zero attached hydrogens (tertiary/aromatic N) is 1. The highest BCUT2D eigenvalue weighted by Crippen LogP contribution is 2.31. The predicted molar refractivity (Wildman–Crippen MR) is 53.8 cm³/mol.